The Kier molecular flexibility index (Phi) is 3.05. The van der Waals surface area contributed by atoms with Gasteiger partial charge < -0.3 is 9.05 Å². The average Bonchev–Trinajstić information content (AvgIpc) is 3.18. The highest BCUT2D eigenvalue weighted by Gasteiger charge is 2.37. The Morgan fingerprint density at radius 3 is 2.09 bits per heavy atom. The van der Waals surface area contributed by atoms with E-state index in [2.05, 4.69) is 29.1 Å². The molecule has 0 saturated heterocycles. The van der Waals surface area contributed by atoms with Gasteiger partial charge in [0.1, 0.15) is 12.5 Å². The first kappa shape index (κ1) is 13.7. The van der Waals surface area contributed by atoms with Crippen LogP contribution in [0, 0.1) is 18.8 Å². The van der Waals surface area contributed by atoms with Crippen LogP contribution in [0.4, 0.5) is 0 Å². The lowest BCUT2D eigenvalue weighted by Gasteiger charge is -1.92. The number of hydrogen-bond acceptors (Lipinski definition) is 8. The molecule has 0 aromatic carbocycles. The van der Waals surface area contributed by atoms with Gasteiger partial charge in [-0.15, -0.1) is 0 Å². The molecular formula is C12H9N4O6+. The van der Waals surface area contributed by atoms with Crippen LogP contribution < -0.4 is 4.60 Å². The number of aromatic amines is 1. The van der Waals surface area contributed by atoms with Gasteiger partial charge in [-0.3, -0.25) is 9.59 Å². The van der Waals surface area contributed by atoms with E-state index in [0.717, 1.165) is 0 Å². The number of aryl methyl sites for hydroxylation is 2. The van der Waals surface area contributed by atoms with E-state index in [1.165, 1.54) is 12.5 Å². The fourth-order valence-electron chi connectivity index (χ4n) is 1.87. The molecule has 10 heteroatoms. The largest absolute Gasteiger partial charge is 0.364 e. The Morgan fingerprint density at radius 2 is 1.59 bits per heavy atom. The molecule has 3 rings (SSSR count). The lowest BCUT2D eigenvalue weighted by Crippen LogP contribution is -2.25. The maximum atomic E-state index is 12.4. The standard InChI is InChI=1S/C12H8N4O6/c1-5-3-20-13-7(5)11(17)9-10(16(19)22-15-9)12(18)8-6(2)4-21-14-8/h3-4H,1-2H3/p+1. The third kappa shape index (κ3) is 1.97. The lowest BCUT2D eigenvalue weighted by atomic mass is 10.1. The summed E-state index contributed by atoms with van der Waals surface area (Å²) in [6, 6.07) is 0. The second-order valence-corrected chi connectivity index (χ2v) is 4.52. The van der Waals surface area contributed by atoms with Crippen LogP contribution in [0.25, 0.3) is 0 Å². The smallest absolute Gasteiger partial charge is 0.325 e. The fourth-order valence-corrected chi connectivity index (χ4v) is 1.87. The summed E-state index contributed by atoms with van der Waals surface area (Å²) < 4.78 is 13.7. The summed E-state index contributed by atoms with van der Waals surface area (Å²) in [6.45, 7) is 3.17. The Balaban J connectivity index is 2.11. The van der Waals surface area contributed by atoms with Gasteiger partial charge in [-0.25, -0.2) is 0 Å². The van der Waals surface area contributed by atoms with E-state index in [9.17, 15) is 14.5 Å². The van der Waals surface area contributed by atoms with Crippen LogP contribution in [0.5, 0.6) is 0 Å². The zero-order valence-electron chi connectivity index (χ0n) is 11.4. The molecule has 112 valence electrons. The molecule has 22 heavy (non-hydrogen) atoms. The number of carbonyl (C=O) groups excluding carboxylic acids is 2. The molecule has 3 aromatic heterocycles. The SMILES string of the molecule is Cc1conc1C(=O)c1[nH]o[n+](=O)c1C(=O)c1nocc1C. The summed E-state index contributed by atoms with van der Waals surface area (Å²) in [7, 11) is 0. The lowest BCUT2D eigenvalue weighted by molar-refractivity contribution is -0.714. The number of carbonyl (C=O) groups is 2. The Labute approximate surface area is 121 Å². The predicted octanol–water partition coefficient (Wildman–Crippen LogP) is 0.577. The van der Waals surface area contributed by atoms with Gasteiger partial charge >= 0.3 is 5.69 Å². The first-order valence-electron chi connectivity index (χ1n) is 6.06. The summed E-state index contributed by atoms with van der Waals surface area (Å²) >= 11 is 0. The van der Waals surface area contributed by atoms with Gasteiger partial charge in [-0.2, -0.15) is 0 Å². The van der Waals surface area contributed by atoms with Crippen LogP contribution in [0.3, 0.4) is 0 Å². The molecule has 0 unspecified atom stereocenters. The van der Waals surface area contributed by atoms with Gasteiger partial charge in [0.2, 0.25) is 0 Å². The third-order valence-corrected chi connectivity index (χ3v) is 3.02. The van der Waals surface area contributed by atoms with Gasteiger partial charge in [0.05, 0.1) is 0 Å². The van der Waals surface area contributed by atoms with Crippen molar-refractivity contribution in [2.45, 2.75) is 13.8 Å². The first-order valence-corrected chi connectivity index (χ1v) is 6.06. The molecule has 0 atom stereocenters. The molecule has 0 saturated carbocycles. The maximum Gasteiger partial charge on any atom is 0.325 e. The molecule has 3 heterocycles. The van der Waals surface area contributed by atoms with Crippen LogP contribution in [-0.4, -0.2) is 27.0 Å². The van der Waals surface area contributed by atoms with Crippen molar-refractivity contribution in [3.05, 3.63) is 51.3 Å². The van der Waals surface area contributed by atoms with Crippen LogP contribution in [0.15, 0.2) is 26.2 Å². The summed E-state index contributed by atoms with van der Waals surface area (Å²) in [6.07, 6.45) is 2.51. The van der Waals surface area contributed by atoms with E-state index in [4.69, 9.17) is 0 Å². The van der Waals surface area contributed by atoms with Gasteiger partial charge in [0.15, 0.2) is 16.0 Å². The zero-order valence-corrected chi connectivity index (χ0v) is 11.4. The number of rotatable bonds is 4. The van der Waals surface area contributed by atoms with E-state index < -0.39 is 17.3 Å². The van der Waals surface area contributed by atoms with Crippen molar-refractivity contribution in [3.63, 3.8) is 0 Å². The molecule has 0 aliphatic carbocycles. The average molecular weight is 305 g/mol. The van der Waals surface area contributed by atoms with Crippen molar-refractivity contribution < 1.29 is 27.9 Å². The van der Waals surface area contributed by atoms with Crippen molar-refractivity contribution >= 4 is 11.6 Å². The minimum absolute atomic E-state index is 0.0384. The molecule has 0 fully saturated rings. The van der Waals surface area contributed by atoms with E-state index in [-0.39, 0.29) is 21.7 Å². The topological polar surface area (TPSA) is 138 Å². The second-order valence-electron chi connectivity index (χ2n) is 4.52. The Bertz CT molecular complexity index is 927. The van der Waals surface area contributed by atoms with E-state index in [1.807, 2.05) is 0 Å². The van der Waals surface area contributed by atoms with E-state index in [0.29, 0.717) is 11.1 Å². The maximum absolute atomic E-state index is 12.4. The van der Waals surface area contributed by atoms with Gasteiger partial charge in [0.25, 0.3) is 17.3 Å². The number of aromatic nitrogens is 4. The summed E-state index contributed by atoms with van der Waals surface area (Å²) in [4.78, 5) is 36.4. The van der Waals surface area contributed by atoms with Crippen molar-refractivity contribution in [2.24, 2.45) is 0 Å². The number of nitrogens with zero attached hydrogens (tertiary/aromatic N) is 3. The monoisotopic (exact) mass is 305 g/mol. The number of H-pyrrole nitrogens is 1. The normalized spacial score (nSPS) is 10.8. The highest BCUT2D eigenvalue weighted by atomic mass is 16.7. The molecule has 0 aliphatic heterocycles. The molecule has 0 bridgehead atoms. The molecule has 0 spiro atoms. The Hall–Kier alpha value is -3.30. The summed E-state index contributed by atoms with van der Waals surface area (Å²) in [5.74, 6) is -1.52. The molecule has 0 aliphatic rings. The van der Waals surface area contributed by atoms with Gasteiger partial charge in [-0.1, -0.05) is 20.1 Å². The summed E-state index contributed by atoms with van der Waals surface area (Å²) in [5.41, 5.74) is -0.145. The van der Waals surface area contributed by atoms with Gasteiger partial charge in [0, 0.05) is 11.1 Å². The molecule has 0 amide bonds. The van der Waals surface area contributed by atoms with Crippen molar-refractivity contribution in [1.82, 2.24) is 15.5 Å². The molecule has 1 N–H and O–H groups in total. The third-order valence-electron chi connectivity index (χ3n) is 3.02. The highest BCUT2D eigenvalue weighted by Crippen LogP contribution is 2.16. The first-order chi connectivity index (χ1) is 10.5. The Morgan fingerprint density at radius 1 is 1.05 bits per heavy atom. The molecule has 10 nitrogen and oxygen atoms in total. The van der Waals surface area contributed by atoms with Crippen molar-refractivity contribution in [2.75, 3.05) is 0 Å². The molecule has 0 radical (unpaired) electrons. The predicted molar refractivity (Wildman–Crippen MR) is 65.8 cm³/mol. The fraction of sp³-hybridized carbons (Fsp3) is 0.167. The minimum Gasteiger partial charge on any atom is -0.364 e. The molecular weight excluding hydrogens is 296 g/mol. The van der Waals surface area contributed by atoms with Gasteiger partial charge in [-0.05, 0) is 18.8 Å². The van der Waals surface area contributed by atoms with Crippen LogP contribution in [0.1, 0.15) is 43.5 Å². The van der Waals surface area contributed by atoms with Crippen LogP contribution >= 0.6 is 0 Å². The number of hydrogen-bond donors (Lipinski definition) is 1. The molecule has 3 aromatic rings. The second kappa shape index (κ2) is 4.91. The quantitative estimate of drug-likeness (QED) is 0.690. The van der Waals surface area contributed by atoms with E-state index in [1.54, 1.807) is 13.8 Å². The minimum atomic E-state index is -0.809. The summed E-state index contributed by atoms with van der Waals surface area (Å²) in [5, 5.41) is 9.17. The van der Waals surface area contributed by atoms with Crippen LogP contribution in [-0.2, 0) is 0 Å². The van der Waals surface area contributed by atoms with Crippen molar-refractivity contribution in [1.29, 1.82) is 0 Å². The van der Waals surface area contributed by atoms with Crippen molar-refractivity contribution in [3.8, 4) is 0 Å². The zero-order chi connectivity index (χ0) is 15.9. The van der Waals surface area contributed by atoms with E-state index >= 15 is 0 Å². The highest BCUT2D eigenvalue weighted by molar-refractivity contribution is 6.16. The number of ketones is 2. The van der Waals surface area contributed by atoms with Crippen LogP contribution in [0.2, 0.25) is 0 Å². The number of nitrogens with one attached hydrogen (secondary N) is 1.